The van der Waals surface area contributed by atoms with Crippen LogP contribution in [0.3, 0.4) is 0 Å². The fraction of sp³-hybridized carbons (Fsp3) is 0.889. The molecule has 0 amide bonds. The van der Waals surface area contributed by atoms with E-state index in [1.54, 1.807) is 0 Å². The molecule has 14 heavy (non-hydrogen) atoms. The molecular weight excluding hydrogens is 186 g/mol. The van der Waals surface area contributed by atoms with Crippen LogP contribution in [0.1, 0.15) is 26.7 Å². The molecule has 0 aromatic rings. The topological polar surface area (TPSA) is 70.0 Å². The van der Waals surface area contributed by atoms with Gasteiger partial charge in [0.15, 0.2) is 0 Å². The number of rotatable bonds is 3. The normalized spacial score (nSPS) is 21.5. The molecule has 84 valence electrons. The molecule has 0 radical (unpaired) electrons. The van der Waals surface area contributed by atoms with Crippen LogP contribution in [0, 0.1) is 0 Å². The van der Waals surface area contributed by atoms with Gasteiger partial charge in [0.2, 0.25) is 0 Å². The first-order chi connectivity index (χ1) is 6.63. The van der Waals surface area contributed by atoms with Crippen molar-refractivity contribution in [1.29, 1.82) is 0 Å². The van der Waals surface area contributed by atoms with Gasteiger partial charge >= 0.3 is 5.97 Å². The van der Waals surface area contributed by atoms with Gasteiger partial charge in [-0.2, -0.15) is 5.06 Å². The molecule has 2 N–H and O–H groups in total. The summed E-state index contributed by atoms with van der Waals surface area (Å²) in [6.07, 6.45) is 1.33. The molecule has 0 aromatic carbocycles. The summed E-state index contributed by atoms with van der Waals surface area (Å²) in [5.41, 5.74) is 0. The summed E-state index contributed by atoms with van der Waals surface area (Å²) in [6, 6.07) is -0.662. The van der Waals surface area contributed by atoms with Gasteiger partial charge in [0.1, 0.15) is 6.04 Å². The van der Waals surface area contributed by atoms with E-state index in [4.69, 9.17) is 15.1 Å². The van der Waals surface area contributed by atoms with Crippen LogP contribution in [-0.4, -0.2) is 47.1 Å². The Hall–Kier alpha value is -0.650. The van der Waals surface area contributed by atoms with Crippen LogP contribution < -0.4 is 0 Å². The lowest BCUT2D eigenvalue weighted by molar-refractivity contribution is -0.160. The van der Waals surface area contributed by atoms with Crippen molar-refractivity contribution in [2.45, 2.75) is 32.7 Å². The highest BCUT2D eigenvalue weighted by Gasteiger charge is 2.28. The lowest BCUT2D eigenvalue weighted by atomic mass is 10.2. The van der Waals surface area contributed by atoms with Crippen molar-refractivity contribution in [2.75, 3.05) is 19.8 Å². The van der Waals surface area contributed by atoms with E-state index in [-0.39, 0.29) is 0 Å². The number of aliphatic carboxylic acids is 1. The number of nitrogens with zero attached hydrogens (tertiary/aromatic N) is 1. The highest BCUT2D eigenvalue weighted by molar-refractivity contribution is 5.73. The Morgan fingerprint density at radius 1 is 1.50 bits per heavy atom. The van der Waals surface area contributed by atoms with Crippen molar-refractivity contribution in [3.63, 3.8) is 0 Å². The predicted molar refractivity (Wildman–Crippen MR) is 51.3 cm³/mol. The first kappa shape index (κ1) is 13.4. The Balaban J connectivity index is 0.000000292. The van der Waals surface area contributed by atoms with E-state index in [0.717, 1.165) is 24.7 Å². The van der Waals surface area contributed by atoms with E-state index in [1.807, 2.05) is 13.8 Å². The van der Waals surface area contributed by atoms with Crippen molar-refractivity contribution >= 4 is 5.97 Å². The van der Waals surface area contributed by atoms with Gasteiger partial charge in [0.25, 0.3) is 0 Å². The molecule has 1 aliphatic rings. The highest BCUT2D eigenvalue weighted by atomic mass is 16.5. The Kier molecular flexibility index (Phi) is 7.37. The van der Waals surface area contributed by atoms with Gasteiger partial charge in [0, 0.05) is 19.8 Å². The summed E-state index contributed by atoms with van der Waals surface area (Å²) in [7, 11) is 0. The van der Waals surface area contributed by atoms with Crippen LogP contribution in [0.2, 0.25) is 0 Å². The van der Waals surface area contributed by atoms with Crippen LogP contribution in [0.5, 0.6) is 0 Å². The predicted octanol–water partition coefficient (Wildman–Crippen LogP) is 0.967. The van der Waals surface area contributed by atoms with E-state index in [0.29, 0.717) is 13.0 Å². The second-order valence-electron chi connectivity index (χ2n) is 2.94. The van der Waals surface area contributed by atoms with Crippen LogP contribution in [0.25, 0.3) is 0 Å². The van der Waals surface area contributed by atoms with Gasteiger partial charge in [-0.25, -0.2) is 0 Å². The molecule has 0 saturated carbocycles. The van der Waals surface area contributed by atoms with Gasteiger partial charge < -0.3 is 15.1 Å². The largest absolute Gasteiger partial charge is 0.480 e. The van der Waals surface area contributed by atoms with E-state index >= 15 is 0 Å². The minimum absolute atomic E-state index is 0.483. The lowest BCUT2D eigenvalue weighted by Crippen LogP contribution is -2.32. The summed E-state index contributed by atoms with van der Waals surface area (Å²) in [4.78, 5) is 10.2. The molecule has 1 atom stereocenters. The third-order valence-electron chi connectivity index (χ3n) is 1.92. The lowest BCUT2D eigenvalue weighted by Gasteiger charge is -2.11. The van der Waals surface area contributed by atoms with Crippen molar-refractivity contribution in [3.8, 4) is 0 Å². The second-order valence-corrected chi connectivity index (χ2v) is 2.94. The number of ether oxygens (including phenoxy) is 1. The van der Waals surface area contributed by atoms with Gasteiger partial charge in [-0.15, -0.1) is 0 Å². The molecule has 1 saturated heterocycles. The van der Waals surface area contributed by atoms with Crippen LogP contribution >= 0.6 is 0 Å². The first-order valence-corrected chi connectivity index (χ1v) is 4.89. The highest BCUT2D eigenvalue weighted by Crippen LogP contribution is 2.13. The molecule has 1 rings (SSSR count). The number of carboxylic acids is 1. The molecule has 5 heteroatoms. The van der Waals surface area contributed by atoms with Crippen LogP contribution in [0.4, 0.5) is 0 Å². The number of hydrogen-bond donors (Lipinski definition) is 2. The molecule has 0 spiro atoms. The Labute approximate surface area is 84.2 Å². The number of hydroxylamine groups is 2. The van der Waals surface area contributed by atoms with E-state index < -0.39 is 12.0 Å². The second kappa shape index (κ2) is 7.73. The van der Waals surface area contributed by atoms with Crippen molar-refractivity contribution in [3.05, 3.63) is 0 Å². The molecule has 1 unspecified atom stereocenters. The number of hydrogen-bond acceptors (Lipinski definition) is 4. The fourth-order valence-corrected chi connectivity index (χ4v) is 1.21. The Morgan fingerprint density at radius 2 is 2.07 bits per heavy atom. The Bertz CT molecular complexity index is 161. The smallest absolute Gasteiger partial charge is 0.323 e. The van der Waals surface area contributed by atoms with Crippen LogP contribution in [0.15, 0.2) is 0 Å². The van der Waals surface area contributed by atoms with Crippen molar-refractivity contribution in [2.24, 2.45) is 0 Å². The van der Waals surface area contributed by atoms with E-state index in [9.17, 15) is 4.79 Å². The first-order valence-electron chi connectivity index (χ1n) is 4.89. The maximum absolute atomic E-state index is 10.2. The average Bonchev–Trinajstić information content (AvgIpc) is 2.54. The minimum atomic E-state index is -0.935. The molecule has 0 aromatic heterocycles. The third kappa shape index (κ3) is 5.16. The van der Waals surface area contributed by atoms with Gasteiger partial charge in [-0.05, 0) is 26.7 Å². The fourth-order valence-electron chi connectivity index (χ4n) is 1.21. The SMILES string of the molecule is CCOCC.O=C(O)C1CCCN1O. The summed E-state index contributed by atoms with van der Waals surface area (Å²) in [6.45, 7) is 6.15. The summed E-state index contributed by atoms with van der Waals surface area (Å²) >= 11 is 0. The van der Waals surface area contributed by atoms with Crippen molar-refractivity contribution in [1.82, 2.24) is 5.06 Å². The van der Waals surface area contributed by atoms with Gasteiger partial charge in [-0.1, -0.05) is 0 Å². The number of carboxylic acid groups (broad SMARTS) is 1. The van der Waals surface area contributed by atoms with E-state index in [2.05, 4.69) is 0 Å². The maximum atomic E-state index is 10.2. The zero-order valence-electron chi connectivity index (χ0n) is 8.77. The van der Waals surface area contributed by atoms with Crippen LogP contribution in [-0.2, 0) is 9.53 Å². The zero-order chi connectivity index (χ0) is 11.0. The average molecular weight is 205 g/mol. The quantitative estimate of drug-likeness (QED) is 0.718. The molecule has 5 nitrogen and oxygen atoms in total. The monoisotopic (exact) mass is 205 g/mol. The van der Waals surface area contributed by atoms with Gasteiger partial charge in [-0.3, -0.25) is 4.79 Å². The number of carbonyl (C=O) groups is 1. The Morgan fingerprint density at radius 3 is 2.21 bits per heavy atom. The van der Waals surface area contributed by atoms with Gasteiger partial charge in [0.05, 0.1) is 0 Å². The molecule has 1 heterocycles. The van der Waals surface area contributed by atoms with E-state index in [1.165, 1.54) is 0 Å². The maximum Gasteiger partial charge on any atom is 0.323 e. The molecule has 1 fully saturated rings. The summed E-state index contributed by atoms with van der Waals surface area (Å²) in [5.74, 6) is -0.935. The standard InChI is InChI=1S/C5H9NO3.C4H10O/c7-5(8)4-2-1-3-6(4)9;1-3-5-4-2/h4,9H,1-3H2,(H,7,8);3-4H2,1-2H3. The molecule has 0 bridgehead atoms. The molecule has 0 aliphatic carbocycles. The molecular formula is C9H19NO4. The zero-order valence-corrected chi connectivity index (χ0v) is 8.77. The third-order valence-corrected chi connectivity index (χ3v) is 1.92. The van der Waals surface area contributed by atoms with Crippen molar-refractivity contribution < 1.29 is 19.8 Å². The molecule has 1 aliphatic heterocycles. The summed E-state index contributed by atoms with van der Waals surface area (Å²) in [5, 5.41) is 18.1. The summed E-state index contributed by atoms with van der Waals surface area (Å²) < 4.78 is 4.83. The minimum Gasteiger partial charge on any atom is -0.480 e.